The molecule has 3 amide bonds. The zero-order valence-corrected chi connectivity index (χ0v) is 31.1. The number of nitrogens with zero attached hydrogens (tertiary/aromatic N) is 4. The van der Waals surface area contributed by atoms with E-state index < -0.39 is 54.3 Å². The second kappa shape index (κ2) is 16.2. The Balaban J connectivity index is 1.90. The minimum atomic E-state index is -1.05. The van der Waals surface area contributed by atoms with E-state index in [1.807, 2.05) is 26.8 Å². The number of carbonyl (C=O) groups excluding carboxylic acids is 4. The van der Waals surface area contributed by atoms with Gasteiger partial charge in [-0.25, -0.2) is 4.68 Å². The van der Waals surface area contributed by atoms with E-state index >= 15 is 0 Å². The van der Waals surface area contributed by atoms with Crippen LogP contribution < -0.4 is 10.6 Å². The van der Waals surface area contributed by atoms with E-state index in [1.54, 1.807) is 17.8 Å². The van der Waals surface area contributed by atoms with Gasteiger partial charge in [0.15, 0.2) is 0 Å². The Bertz CT molecular complexity index is 1620. The Morgan fingerprint density at radius 3 is 2.33 bits per heavy atom. The largest absolute Gasteiger partial charge is 0.456 e. The van der Waals surface area contributed by atoms with Crippen molar-refractivity contribution in [3.05, 3.63) is 81.7 Å². The summed E-state index contributed by atoms with van der Waals surface area (Å²) in [5, 5.41) is 14.0. The van der Waals surface area contributed by atoms with Crippen molar-refractivity contribution < 1.29 is 23.9 Å². The highest BCUT2D eigenvalue weighted by Gasteiger charge is 2.33. The first-order valence-electron chi connectivity index (χ1n) is 16.8. The summed E-state index contributed by atoms with van der Waals surface area (Å²) in [5.41, 5.74) is 7.36. The Morgan fingerprint density at radius 1 is 1.08 bits per heavy atom. The van der Waals surface area contributed by atoms with E-state index in [1.165, 1.54) is 17.5 Å². The molecule has 1 aliphatic rings. The van der Waals surface area contributed by atoms with Crippen LogP contribution in [0.4, 0.5) is 0 Å². The van der Waals surface area contributed by atoms with Crippen molar-refractivity contribution >= 4 is 23.7 Å². The molecule has 11 nitrogen and oxygen atoms in total. The summed E-state index contributed by atoms with van der Waals surface area (Å²) in [6.07, 6.45) is 5.07. The van der Waals surface area contributed by atoms with Crippen molar-refractivity contribution in [2.75, 3.05) is 13.6 Å². The highest BCUT2D eigenvalue weighted by Crippen LogP contribution is 2.27. The zero-order chi connectivity index (χ0) is 36.8. The molecule has 0 bridgehead atoms. The Hall–Kier alpha value is -4.54. The van der Waals surface area contributed by atoms with Crippen LogP contribution in [0, 0.1) is 32.1 Å². The number of nitrogens with one attached hydrogen (secondary N) is 2. The molecule has 0 spiro atoms. The van der Waals surface area contributed by atoms with Crippen molar-refractivity contribution in [2.24, 2.45) is 11.3 Å². The van der Waals surface area contributed by atoms with E-state index in [0.29, 0.717) is 17.8 Å². The van der Waals surface area contributed by atoms with Crippen molar-refractivity contribution in [1.82, 2.24) is 30.5 Å². The van der Waals surface area contributed by atoms with Gasteiger partial charge in [-0.2, -0.15) is 0 Å². The number of aromatic nitrogens is 3. The topological polar surface area (TPSA) is 136 Å². The van der Waals surface area contributed by atoms with Crippen LogP contribution in [-0.2, 0) is 36.9 Å². The highest BCUT2D eigenvalue weighted by atomic mass is 16.5. The van der Waals surface area contributed by atoms with Crippen molar-refractivity contribution in [3.63, 3.8) is 0 Å². The molecule has 2 aromatic rings. The second-order valence-electron chi connectivity index (χ2n) is 14.6. The maximum Gasteiger partial charge on any atom is 0.326 e. The molecular weight excluding hydrogens is 620 g/mol. The summed E-state index contributed by atoms with van der Waals surface area (Å²) in [5.74, 6) is -2.52. The van der Waals surface area contributed by atoms with Gasteiger partial charge in [0.2, 0.25) is 17.7 Å². The van der Waals surface area contributed by atoms with Crippen molar-refractivity contribution in [3.8, 4) is 0 Å². The first-order chi connectivity index (χ1) is 22.7. The van der Waals surface area contributed by atoms with Gasteiger partial charge in [0.25, 0.3) is 0 Å². The normalized spacial score (nSPS) is 22.7. The van der Waals surface area contributed by atoms with Crippen LogP contribution in [0.3, 0.4) is 0 Å². The fourth-order valence-corrected chi connectivity index (χ4v) is 6.34. The number of likely N-dealkylation sites (N-methyl/N-ethyl adjacent to an activating group) is 1. The maximum absolute atomic E-state index is 13.7. The van der Waals surface area contributed by atoms with Crippen LogP contribution in [0.15, 0.2) is 53.8 Å². The number of benzene rings is 1. The lowest BCUT2D eigenvalue weighted by Crippen LogP contribution is -2.54. The third kappa shape index (κ3) is 11.0. The maximum atomic E-state index is 13.7. The first kappa shape index (κ1) is 38.9. The standard InChI is InChI=1S/C38H54N6O5/c1-22-13-25(4)31(26(5)14-22)21-44-20-30(41-42-44)17-32-36(47)39-19-34(46)49-35(27(6)15-23(2)18-38(9,10)11)28(7)24(3)16-33(45)40-29(8)37(48)43(32)12/h13-15,18,20,28-29,32,35H,3,16-17,19,21H2,1-2,4-12H3,(H,39,47)(H,40,45)/b23-18+,27-15+/t28-,29+,32+,35+/m1/s1. The van der Waals surface area contributed by atoms with Crippen LogP contribution in [0.1, 0.15) is 82.8 Å². The molecule has 3 rings (SSSR count). The van der Waals surface area contributed by atoms with Gasteiger partial charge in [0.1, 0.15) is 24.7 Å². The summed E-state index contributed by atoms with van der Waals surface area (Å²) in [4.78, 5) is 54.8. The number of hydrogen-bond acceptors (Lipinski definition) is 7. The van der Waals surface area contributed by atoms with Crippen LogP contribution in [0.5, 0.6) is 0 Å². The molecule has 2 N–H and O–H groups in total. The third-order valence-electron chi connectivity index (χ3n) is 8.73. The predicted molar refractivity (Wildman–Crippen MR) is 190 cm³/mol. The smallest absolute Gasteiger partial charge is 0.326 e. The van der Waals surface area contributed by atoms with Gasteiger partial charge in [-0.3, -0.25) is 19.2 Å². The fraction of sp³-hybridized carbons (Fsp3) is 0.526. The number of esters is 1. The average Bonchev–Trinajstić information content (AvgIpc) is 3.43. The second-order valence-corrected chi connectivity index (χ2v) is 14.6. The number of allylic oxidation sites excluding steroid dienone is 3. The Labute approximate surface area is 291 Å². The molecular formula is C38H54N6O5. The fourth-order valence-electron chi connectivity index (χ4n) is 6.34. The summed E-state index contributed by atoms with van der Waals surface area (Å²) < 4.78 is 7.65. The van der Waals surface area contributed by atoms with Crippen LogP contribution in [0.2, 0.25) is 0 Å². The van der Waals surface area contributed by atoms with Gasteiger partial charge in [-0.1, -0.05) is 80.5 Å². The van der Waals surface area contributed by atoms with E-state index in [-0.39, 0.29) is 18.3 Å². The average molecular weight is 675 g/mol. The lowest BCUT2D eigenvalue weighted by Gasteiger charge is -2.29. The molecule has 49 heavy (non-hydrogen) atoms. The van der Waals surface area contributed by atoms with Crippen LogP contribution in [0.25, 0.3) is 0 Å². The number of rotatable bonds is 6. The van der Waals surface area contributed by atoms with Gasteiger partial charge in [0.05, 0.1) is 12.2 Å². The van der Waals surface area contributed by atoms with Crippen molar-refractivity contribution in [1.29, 1.82) is 0 Å². The molecule has 1 aromatic carbocycles. The van der Waals surface area contributed by atoms with E-state index in [2.05, 4.69) is 87.3 Å². The van der Waals surface area contributed by atoms with E-state index in [0.717, 1.165) is 27.8 Å². The zero-order valence-electron chi connectivity index (χ0n) is 31.1. The van der Waals surface area contributed by atoms with Gasteiger partial charge in [-0.05, 0) is 69.2 Å². The molecule has 4 atom stereocenters. The monoisotopic (exact) mass is 674 g/mol. The Kier molecular flexibility index (Phi) is 12.9. The molecule has 0 aliphatic carbocycles. The minimum absolute atomic E-state index is 0.0351. The van der Waals surface area contributed by atoms with Crippen LogP contribution >= 0.6 is 0 Å². The number of amides is 3. The van der Waals surface area contributed by atoms with Gasteiger partial charge >= 0.3 is 5.97 Å². The van der Waals surface area contributed by atoms with E-state index in [4.69, 9.17) is 4.74 Å². The number of aryl methyl sites for hydroxylation is 3. The van der Waals surface area contributed by atoms with Crippen molar-refractivity contribution in [2.45, 2.75) is 107 Å². The molecule has 1 fully saturated rings. The molecule has 0 saturated carbocycles. The number of ether oxygens (including phenoxy) is 1. The molecule has 1 aliphatic heterocycles. The highest BCUT2D eigenvalue weighted by molar-refractivity contribution is 5.93. The summed E-state index contributed by atoms with van der Waals surface area (Å²) in [6.45, 7) is 23.9. The van der Waals surface area contributed by atoms with Gasteiger partial charge in [-0.15, -0.1) is 5.10 Å². The molecule has 1 aromatic heterocycles. The molecule has 0 radical (unpaired) electrons. The lowest BCUT2D eigenvalue weighted by atomic mass is 9.88. The van der Waals surface area contributed by atoms with Crippen LogP contribution in [-0.4, -0.2) is 75.4 Å². The first-order valence-corrected chi connectivity index (χ1v) is 16.8. The molecule has 0 unspecified atom stereocenters. The summed E-state index contributed by atoms with van der Waals surface area (Å²) >= 11 is 0. The molecule has 1 saturated heterocycles. The van der Waals surface area contributed by atoms with E-state index in [9.17, 15) is 19.2 Å². The Morgan fingerprint density at radius 2 is 1.71 bits per heavy atom. The summed E-state index contributed by atoms with van der Waals surface area (Å²) in [7, 11) is 1.49. The number of carbonyl (C=O) groups is 4. The SMILES string of the molecule is C=C1CC(=O)N[C@@H](C)C(=O)N(C)[C@@H](Cc2cn(Cc3c(C)cc(C)cc3C)nn2)C(=O)NCC(=O)O[C@@H](/C(C)=C/C(C)=C/C(C)(C)C)[C@@H]1C. The molecule has 2 heterocycles. The number of hydrogen-bond donors (Lipinski definition) is 2. The quantitative estimate of drug-likeness (QED) is 0.258. The molecule has 11 heteroatoms. The van der Waals surface area contributed by atoms with Gasteiger partial charge < -0.3 is 20.3 Å². The van der Waals surface area contributed by atoms with Gasteiger partial charge in [0, 0.05) is 32.0 Å². The number of cyclic esters (lactones) is 1. The molecule has 266 valence electrons. The lowest BCUT2D eigenvalue weighted by molar-refractivity contribution is -0.149. The predicted octanol–water partition coefficient (Wildman–Crippen LogP) is 4.69. The third-order valence-corrected chi connectivity index (χ3v) is 8.73. The summed E-state index contributed by atoms with van der Waals surface area (Å²) in [6, 6.07) is 2.27. The minimum Gasteiger partial charge on any atom is -0.456 e.